The number of carbonyl (C=O) groups excluding carboxylic acids is 1. The molecule has 0 atom stereocenters. The molecule has 0 saturated carbocycles. The summed E-state index contributed by atoms with van der Waals surface area (Å²) in [5.41, 5.74) is 5.41. The van der Waals surface area contributed by atoms with Crippen LogP contribution in [0.4, 0.5) is 24.5 Å². The van der Waals surface area contributed by atoms with Crippen molar-refractivity contribution in [1.29, 1.82) is 5.26 Å². The highest BCUT2D eigenvalue weighted by Gasteiger charge is 2.34. The van der Waals surface area contributed by atoms with Crippen molar-refractivity contribution in [2.24, 2.45) is 0 Å². The van der Waals surface area contributed by atoms with Crippen LogP contribution < -0.4 is 11.1 Å². The van der Waals surface area contributed by atoms with Crippen LogP contribution in [0.1, 0.15) is 59.7 Å². The van der Waals surface area contributed by atoms with Crippen molar-refractivity contribution in [3.63, 3.8) is 0 Å². The van der Waals surface area contributed by atoms with Crippen LogP contribution in [0.2, 0.25) is 0 Å². The Hall–Kier alpha value is -3.01. The van der Waals surface area contributed by atoms with Crippen LogP contribution in [0, 0.1) is 11.3 Å². The lowest BCUT2D eigenvalue weighted by Gasteiger charge is -2.12. The highest BCUT2D eigenvalue weighted by Crippen LogP contribution is 2.33. The number of anilines is 2. The monoisotopic (exact) mass is 389 g/mol. The fourth-order valence-electron chi connectivity index (χ4n) is 2.82. The molecule has 0 aromatic heterocycles. The predicted octanol–water partition coefficient (Wildman–Crippen LogP) is 5.38. The number of nitrogen functional groups attached to an aromatic ring is 1. The predicted molar refractivity (Wildman–Crippen MR) is 103 cm³/mol. The largest absolute Gasteiger partial charge is 0.417 e. The molecule has 7 heteroatoms. The SMILES string of the molecule is CCCCCCNc1ccc(C(=O)c2ccc(C#N)c(C(F)(F)F)c2)cc1N. The fraction of sp³-hybridized carbons (Fsp3) is 0.333. The second-order valence-electron chi connectivity index (χ2n) is 6.49. The van der Waals surface area contributed by atoms with Crippen molar-refractivity contribution in [3.8, 4) is 6.07 Å². The van der Waals surface area contributed by atoms with E-state index in [1.165, 1.54) is 24.3 Å². The van der Waals surface area contributed by atoms with Crippen molar-refractivity contribution in [2.75, 3.05) is 17.6 Å². The number of nitrogens with zero attached hydrogens (tertiary/aromatic N) is 1. The minimum atomic E-state index is -4.72. The second kappa shape index (κ2) is 9.27. The molecule has 0 radical (unpaired) electrons. The lowest BCUT2D eigenvalue weighted by Crippen LogP contribution is -2.11. The third-order valence-corrected chi connectivity index (χ3v) is 4.37. The van der Waals surface area contributed by atoms with E-state index in [2.05, 4.69) is 12.2 Å². The van der Waals surface area contributed by atoms with Gasteiger partial charge in [-0.3, -0.25) is 4.79 Å². The van der Waals surface area contributed by atoms with E-state index < -0.39 is 23.1 Å². The van der Waals surface area contributed by atoms with Crippen molar-refractivity contribution >= 4 is 17.2 Å². The highest BCUT2D eigenvalue weighted by atomic mass is 19.4. The summed E-state index contributed by atoms with van der Waals surface area (Å²) >= 11 is 0. The minimum absolute atomic E-state index is 0.147. The van der Waals surface area contributed by atoms with Gasteiger partial charge in [0.05, 0.1) is 28.6 Å². The van der Waals surface area contributed by atoms with E-state index in [1.54, 1.807) is 6.07 Å². The van der Waals surface area contributed by atoms with E-state index in [-0.39, 0.29) is 11.1 Å². The van der Waals surface area contributed by atoms with E-state index in [1.807, 2.05) is 0 Å². The molecule has 0 saturated heterocycles. The summed E-state index contributed by atoms with van der Waals surface area (Å²) in [5, 5.41) is 12.1. The molecule has 0 aliphatic carbocycles. The number of benzene rings is 2. The first-order chi connectivity index (χ1) is 13.3. The molecular weight excluding hydrogens is 367 g/mol. The van der Waals surface area contributed by atoms with Gasteiger partial charge < -0.3 is 11.1 Å². The Morgan fingerprint density at radius 2 is 1.79 bits per heavy atom. The first kappa shape index (κ1) is 21.3. The van der Waals surface area contributed by atoms with Gasteiger partial charge in [-0.2, -0.15) is 18.4 Å². The third-order valence-electron chi connectivity index (χ3n) is 4.37. The smallest absolute Gasteiger partial charge is 0.397 e. The van der Waals surface area contributed by atoms with Gasteiger partial charge in [0.15, 0.2) is 5.78 Å². The number of carbonyl (C=O) groups is 1. The molecule has 0 unspecified atom stereocenters. The van der Waals surface area contributed by atoms with E-state index in [0.717, 1.165) is 38.3 Å². The van der Waals surface area contributed by atoms with Crippen LogP contribution >= 0.6 is 0 Å². The van der Waals surface area contributed by atoms with E-state index in [0.29, 0.717) is 17.4 Å². The quantitative estimate of drug-likeness (QED) is 0.361. The molecule has 2 aromatic rings. The van der Waals surface area contributed by atoms with Crippen molar-refractivity contribution < 1.29 is 18.0 Å². The zero-order valence-electron chi connectivity index (χ0n) is 15.6. The number of hydrogen-bond acceptors (Lipinski definition) is 4. The summed E-state index contributed by atoms with van der Waals surface area (Å²) < 4.78 is 39.3. The van der Waals surface area contributed by atoms with E-state index in [9.17, 15) is 18.0 Å². The van der Waals surface area contributed by atoms with Gasteiger partial charge in [-0.25, -0.2) is 0 Å². The molecule has 148 valence electrons. The normalized spacial score (nSPS) is 11.1. The number of unbranched alkanes of at least 4 members (excludes halogenated alkanes) is 3. The molecule has 4 nitrogen and oxygen atoms in total. The number of nitrogens with one attached hydrogen (secondary N) is 1. The third kappa shape index (κ3) is 5.26. The van der Waals surface area contributed by atoms with Crippen molar-refractivity contribution in [3.05, 3.63) is 58.7 Å². The molecule has 0 bridgehead atoms. The molecule has 0 aliphatic rings. The van der Waals surface area contributed by atoms with Crippen molar-refractivity contribution in [1.82, 2.24) is 0 Å². The average molecular weight is 389 g/mol. The van der Waals surface area contributed by atoms with Crippen LogP contribution in [0.25, 0.3) is 0 Å². The van der Waals surface area contributed by atoms with Gasteiger partial charge in [0, 0.05) is 17.7 Å². The maximum Gasteiger partial charge on any atom is 0.417 e. The lowest BCUT2D eigenvalue weighted by molar-refractivity contribution is -0.137. The molecule has 2 aromatic carbocycles. The number of nitrogens with two attached hydrogens (primary N) is 1. The Kier molecular flexibility index (Phi) is 7.05. The number of hydrogen-bond donors (Lipinski definition) is 2. The van der Waals surface area contributed by atoms with Crippen LogP contribution in [-0.2, 0) is 6.18 Å². The van der Waals surface area contributed by atoms with Gasteiger partial charge in [-0.1, -0.05) is 26.2 Å². The Morgan fingerprint density at radius 1 is 1.11 bits per heavy atom. The van der Waals surface area contributed by atoms with E-state index in [4.69, 9.17) is 11.0 Å². The first-order valence-corrected chi connectivity index (χ1v) is 9.07. The molecule has 0 amide bonds. The van der Waals surface area contributed by atoms with Gasteiger partial charge in [-0.05, 0) is 42.8 Å². The Balaban J connectivity index is 2.19. The summed E-state index contributed by atoms with van der Waals surface area (Å²) in [5.74, 6) is -0.587. The zero-order chi connectivity index (χ0) is 20.7. The van der Waals surface area contributed by atoms with Crippen molar-refractivity contribution in [2.45, 2.75) is 38.8 Å². The topological polar surface area (TPSA) is 78.9 Å². The Bertz CT molecular complexity index is 885. The minimum Gasteiger partial charge on any atom is -0.397 e. The molecule has 0 heterocycles. The van der Waals surface area contributed by atoms with Gasteiger partial charge in [0.2, 0.25) is 0 Å². The lowest BCUT2D eigenvalue weighted by atomic mass is 9.97. The van der Waals surface area contributed by atoms with Gasteiger partial charge in [-0.15, -0.1) is 0 Å². The zero-order valence-corrected chi connectivity index (χ0v) is 15.6. The Labute approximate surface area is 162 Å². The van der Waals surface area contributed by atoms with Crippen LogP contribution in [-0.4, -0.2) is 12.3 Å². The summed E-state index contributed by atoms with van der Waals surface area (Å²) in [6.07, 6.45) is -0.301. The molecule has 2 rings (SSSR count). The molecule has 0 spiro atoms. The van der Waals surface area contributed by atoms with Gasteiger partial charge >= 0.3 is 6.18 Å². The molecule has 0 aliphatic heterocycles. The second-order valence-corrected chi connectivity index (χ2v) is 6.49. The number of alkyl halides is 3. The summed E-state index contributed by atoms with van der Waals surface area (Å²) in [6, 6.07) is 9.05. The molecule has 0 fully saturated rings. The summed E-state index contributed by atoms with van der Waals surface area (Å²) in [6.45, 7) is 2.88. The van der Waals surface area contributed by atoms with Crippen LogP contribution in [0.5, 0.6) is 0 Å². The maximum atomic E-state index is 13.1. The fourth-order valence-corrected chi connectivity index (χ4v) is 2.82. The summed E-state index contributed by atoms with van der Waals surface area (Å²) in [4.78, 5) is 12.6. The van der Waals surface area contributed by atoms with E-state index >= 15 is 0 Å². The molecule has 3 N–H and O–H groups in total. The highest BCUT2D eigenvalue weighted by molar-refractivity contribution is 6.10. The summed E-state index contributed by atoms with van der Waals surface area (Å²) in [7, 11) is 0. The number of halogens is 3. The number of nitriles is 1. The molecule has 28 heavy (non-hydrogen) atoms. The number of rotatable bonds is 8. The molecular formula is C21H22F3N3O. The average Bonchev–Trinajstić information content (AvgIpc) is 2.67. The maximum absolute atomic E-state index is 13.1. The van der Waals surface area contributed by atoms with Crippen LogP contribution in [0.15, 0.2) is 36.4 Å². The van der Waals surface area contributed by atoms with Gasteiger partial charge in [0.1, 0.15) is 0 Å². The van der Waals surface area contributed by atoms with Crippen LogP contribution in [0.3, 0.4) is 0 Å². The Morgan fingerprint density at radius 3 is 2.39 bits per heavy atom. The van der Waals surface area contributed by atoms with Gasteiger partial charge in [0.25, 0.3) is 0 Å². The number of ketones is 1. The first-order valence-electron chi connectivity index (χ1n) is 9.07. The standard InChI is InChI=1S/C21H22F3N3O/c1-2-3-4-5-10-27-19-9-8-15(12-18(19)26)20(28)14-6-7-16(13-25)17(11-14)21(22,23)24/h6-9,11-12,27H,2-5,10,26H2,1H3.